The monoisotopic (exact) mass is 407 g/mol. The Morgan fingerprint density at radius 3 is 2.48 bits per heavy atom. The van der Waals surface area contributed by atoms with Crippen LogP contribution in [0.1, 0.15) is 11.3 Å². The van der Waals surface area contributed by atoms with Crippen molar-refractivity contribution in [2.24, 2.45) is 0 Å². The first kappa shape index (κ1) is 19.0. The zero-order chi connectivity index (χ0) is 21.2. The maximum Gasteiger partial charge on any atom is 0.234 e. The summed E-state index contributed by atoms with van der Waals surface area (Å²) in [6.45, 7) is 2.43. The number of imidazole rings is 1. The molecule has 2 aromatic heterocycles. The molecular formula is C25H21N5O. The SMILES string of the molecule is N#Cc1ccc(-c2nc3ccc(-c4ccccc4)cn3c2CN2CCNC(=O)C2)cc1. The van der Waals surface area contributed by atoms with Crippen molar-refractivity contribution in [3.05, 3.63) is 84.2 Å². The van der Waals surface area contributed by atoms with Crippen LogP contribution in [0.5, 0.6) is 0 Å². The van der Waals surface area contributed by atoms with Crippen LogP contribution in [0.4, 0.5) is 0 Å². The second-order valence-electron chi connectivity index (χ2n) is 7.67. The van der Waals surface area contributed by atoms with E-state index in [-0.39, 0.29) is 5.91 Å². The van der Waals surface area contributed by atoms with Gasteiger partial charge >= 0.3 is 0 Å². The van der Waals surface area contributed by atoms with Crippen LogP contribution in [0.2, 0.25) is 0 Å². The molecule has 1 saturated heterocycles. The van der Waals surface area contributed by atoms with E-state index in [4.69, 9.17) is 10.2 Å². The first-order valence-electron chi connectivity index (χ1n) is 10.3. The van der Waals surface area contributed by atoms with E-state index < -0.39 is 0 Å². The van der Waals surface area contributed by atoms with Gasteiger partial charge in [-0.25, -0.2) is 4.98 Å². The molecule has 0 radical (unpaired) electrons. The third-order valence-corrected chi connectivity index (χ3v) is 5.60. The first-order chi connectivity index (χ1) is 15.2. The fraction of sp³-hybridized carbons (Fsp3) is 0.160. The van der Waals surface area contributed by atoms with E-state index in [0.717, 1.165) is 40.3 Å². The maximum atomic E-state index is 11.9. The molecule has 3 heterocycles. The summed E-state index contributed by atoms with van der Waals surface area (Å²) < 4.78 is 2.13. The number of carbonyl (C=O) groups excluding carboxylic acids is 1. The highest BCUT2D eigenvalue weighted by Gasteiger charge is 2.21. The summed E-state index contributed by atoms with van der Waals surface area (Å²) in [5.74, 6) is 0.0463. The Labute approximate surface area is 180 Å². The Kier molecular flexibility index (Phi) is 4.95. The number of piperazine rings is 1. The van der Waals surface area contributed by atoms with Gasteiger partial charge in [-0.3, -0.25) is 9.69 Å². The number of carbonyl (C=O) groups is 1. The van der Waals surface area contributed by atoms with Crippen molar-refractivity contribution in [1.82, 2.24) is 19.6 Å². The van der Waals surface area contributed by atoms with Gasteiger partial charge < -0.3 is 9.72 Å². The van der Waals surface area contributed by atoms with E-state index in [2.05, 4.69) is 45.1 Å². The molecule has 2 aromatic carbocycles. The van der Waals surface area contributed by atoms with Crippen LogP contribution >= 0.6 is 0 Å². The van der Waals surface area contributed by atoms with Crippen LogP contribution in [0.25, 0.3) is 28.0 Å². The highest BCUT2D eigenvalue weighted by molar-refractivity contribution is 5.78. The van der Waals surface area contributed by atoms with Crippen LogP contribution in [0, 0.1) is 11.3 Å². The molecule has 31 heavy (non-hydrogen) atoms. The van der Waals surface area contributed by atoms with Crippen molar-refractivity contribution in [3.63, 3.8) is 0 Å². The quantitative estimate of drug-likeness (QED) is 0.562. The molecule has 1 amide bonds. The summed E-state index contributed by atoms with van der Waals surface area (Å²) in [5, 5.41) is 12.0. The van der Waals surface area contributed by atoms with Crippen molar-refractivity contribution in [1.29, 1.82) is 5.26 Å². The topological polar surface area (TPSA) is 73.4 Å². The fourth-order valence-electron chi connectivity index (χ4n) is 4.02. The van der Waals surface area contributed by atoms with Gasteiger partial charge in [0.2, 0.25) is 5.91 Å². The zero-order valence-electron chi connectivity index (χ0n) is 17.0. The second-order valence-corrected chi connectivity index (χ2v) is 7.67. The van der Waals surface area contributed by atoms with Crippen molar-refractivity contribution in [2.45, 2.75) is 6.54 Å². The van der Waals surface area contributed by atoms with Gasteiger partial charge in [0.15, 0.2) is 0 Å². The largest absolute Gasteiger partial charge is 0.354 e. The summed E-state index contributed by atoms with van der Waals surface area (Å²) in [6.07, 6.45) is 2.12. The third-order valence-electron chi connectivity index (χ3n) is 5.60. The summed E-state index contributed by atoms with van der Waals surface area (Å²) in [6, 6.07) is 24.0. The van der Waals surface area contributed by atoms with E-state index >= 15 is 0 Å². The number of amides is 1. The number of fused-ring (bicyclic) bond motifs is 1. The van der Waals surface area contributed by atoms with Gasteiger partial charge in [-0.15, -0.1) is 0 Å². The van der Waals surface area contributed by atoms with Gasteiger partial charge in [-0.05, 0) is 35.4 Å². The van der Waals surface area contributed by atoms with Gasteiger partial charge in [0.1, 0.15) is 5.65 Å². The van der Waals surface area contributed by atoms with Gasteiger partial charge in [-0.1, -0.05) is 42.5 Å². The predicted molar refractivity (Wildman–Crippen MR) is 119 cm³/mol. The molecule has 0 bridgehead atoms. The number of rotatable bonds is 4. The number of nitrogens with zero attached hydrogens (tertiary/aromatic N) is 4. The predicted octanol–water partition coefficient (Wildman–Crippen LogP) is 3.47. The molecule has 6 nitrogen and oxygen atoms in total. The van der Waals surface area contributed by atoms with Crippen molar-refractivity contribution >= 4 is 11.6 Å². The number of aromatic nitrogens is 2. The van der Waals surface area contributed by atoms with Crippen LogP contribution in [0.3, 0.4) is 0 Å². The first-order valence-corrected chi connectivity index (χ1v) is 10.3. The molecule has 1 aliphatic heterocycles. The van der Waals surface area contributed by atoms with E-state index in [1.165, 1.54) is 0 Å². The molecule has 4 aromatic rings. The average Bonchev–Trinajstić information content (AvgIpc) is 3.17. The summed E-state index contributed by atoms with van der Waals surface area (Å²) in [5.41, 5.74) is 6.59. The van der Waals surface area contributed by atoms with Gasteiger partial charge in [0.05, 0.1) is 29.6 Å². The molecular weight excluding hydrogens is 386 g/mol. The smallest absolute Gasteiger partial charge is 0.234 e. The molecule has 0 aliphatic carbocycles. The molecule has 1 fully saturated rings. The Balaban J connectivity index is 1.63. The minimum atomic E-state index is 0.0463. The zero-order valence-corrected chi connectivity index (χ0v) is 17.0. The van der Waals surface area contributed by atoms with Gasteiger partial charge in [-0.2, -0.15) is 5.26 Å². The van der Waals surface area contributed by atoms with E-state index in [9.17, 15) is 4.79 Å². The standard InChI is InChI=1S/C25H21N5O/c26-14-18-6-8-20(9-7-18)25-22(16-29-13-12-27-24(31)17-29)30-15-21(10-11-23(30)28-25)19-4-2-1-3-5-19/h1-11,15H,12-13,16-17H2,(H,27,31). The number of hydrogen-bond acceptors (Lipinski definition) is 4. The lowest BCUT2D eigenvalue weighted by molar-refractivity contribution is -0.124. The molecule has 1 N–H and O–H groups in total. The highest BCUT2D eigenvalue weighted by Crippen LogP contribution is 2.28. The normalized spacial score (nSPS) is 14.4. The van der Waals surface area contributed by atoms with Gasteiger partial charge in [0, 0.05) is 31.4 Å². The van der Waals surface area contributed by atoms with Crippen LogP contribution in [0.15, 0.2) is 72.9 Å². The third kappa shape index (κ3) is 3.79. The maximum absolute atomic E-state index is 11.9. The lowest BCUT2D eigenvalue weighted by atomic mass is 10.1. The molecule has 0 atom stereocenters. The minimum Gasteiger partial charge on any atom is -0.354 e. The average molecular weight is 407 g/mol. The molecule has 0 unspecified atom stereocenters. The molecule has 0 saturated carbocycles. The number of nitriles is 1. The summed E-state index contributed by atoms with van der Waals surface area (Å²) in [4.78, 5) is 19.0. The fourth-order valence-corrected chi connectivity index (χ4v) is 4.02. The van der Waals surface area contributed by atoms with E-state index in [0.29, 0.717) is 25.2 Å². The van der Waals surface area contributed by atoms with Crippen LogP contribution in [-0.4, -0.2) is 39.8 Å². The van der Waals surface area contributed by atoms with Gasteiger partial charge in [0.25, 0.3) is 0 Å². The number of nitrogens with one attached hydrogen (secondary N) is 1. The Morgan fingerprint density at radius 1 is 0.968 bits per heavy atom. The Morgan fingerprint density at radius 2 is 1.74 bits per heavy atom. The van der Waals surface area contributed by atoms with E-state index in [1.807, 2.05) is 48.5 Å². The minimum absolute atomic E-state index is 0.0463. The number of benzene rings is 2. The van der Waals surface area contributed by atoms with Crippen molar-refractivity contribution in [2.75, 3.05) is 19.6 Å². The molecule has 0 spiro atoms. The van der Waals surface area contributed by atoms with Crippen LogP contribution in [-0.2, 0) is 11.3 Å². The van der Waals surface area contributed by atoms with Crippen molar-refractivity contribution in [3.8, 4) is 28.5 Å². The van der Waals surface area contributed by atoms with Crippen LogP contribution < -0.4 is 5.32 Å². The summed E-state index contributed by atoms with van der Waals surface area (Å²) >= 11 is 0. The van der Waals surface area contributed by atoms with Crippen molar-refractivity contribution < 1.29 is 4.79 Å². The Bertz CT molecular complexity index is 1290. The second kappa shape index (κ2) is 8.05. The molecule has 6 heteroatoms. The van der Waals surface area contributed by atoms with E-state index in [1.54, 1.807) is 0 Å². The summed E-state index contributed by atoms with van der Waals surface area (Å²) in [7, 11) is 0. The highest BCUT2D eigenvalue weighted by atomic mass is 16.2. The molecule has 5 rings (SSSR count). The number of pyridine rings is 1. The molecule has 1 aliphatic rings. The molecule has 152 valence electrons. The Hall–Kier alpha value is -3.95. The lowest BCUT2D eigenvalue weighted by Crippen LogP contribution is -2.47. The number of hydrogen-bond donors (Lipinski definition) is 1. The lowest BCUT2D eigenvalue weighted by Gasteiger charge is -2.26.